The Morgan fingerprint density at radius 3 is 2.34 bits per heavy atom. The van der Waals surface area contributed by atoms with Crippen LogP contribution in [0.15, 0.2) is 79.1 Å². The molecule has 1 aliphatic rings. The molecule has 0 saturated carbocycles. The zero-order valence-electron chi connectivity index (χ0n) is 17.9. The summed E-state index contributed by atoms with van der Waals surface area (Å²) in [6.45, 7) is 4.23. The van der Waals surface area contributed by atoms with Crippen LogP contribution >= 0.6 is 0 Å². The Morgan fingerprint density at radius 2 is 1.62 bits per heavy atom. The molecule has 0 N–H and O–H groups in total. The van der Waals surface area contributed by atoms with Crippen molar-refractivity contribution in [2.24, 2.45) is 0 Å². The monoisotopic (exact) mass is 431 g/mol. The zero-order valence-corrected chi connectivity index (χ0v) is 17.9. The van der Waals surface area contributed by atoms with E-state index in [0.29, 0.717) is 24.6 Å². The molecule has 0 spiro atoms. The maximum absolute atomic E-state index is 12.9. The molecule has 1 atom stereocenters. The van der Waals surface area contributed by atoms with Crippen molar-refractivity contribution < 1.29 is 19.1 Å². The number of hydrogen-bond acceptors (Lipinski definition) is 6. The number of esters is 1. The van der Waals surface area contributed by atoms with Gasteiger partial charge in [0.2, 0.25) is 0 Å². The molecule has 1 amide bonds. The maximum atomic E-state index is 12.9. The highest BCUT2D eigenvalue weighted by Crippen LogP contribution is 2.25. The summed E-state index contributed by atoms with van der Waals surface area (Å²) in [5.41, 5.74) is 1.40. The number of benzene rings is 2. The predicted octanol–water partition coefficient (Wildman–Crippen LogP) is 3.77. The first-order valence-corrected chi connectivity index (χ1v) is 10.6. The number of nitrogens with zero attached hydrogens (tertiary/aromatic N) is 3. The number of rotatable bonds is 6. The number of carbonyl (C=O) groups excluding carboxylic acids is 2. The van der Waals surface area contributed by atoms with Crippen LogP contribution in [0.3, 0.4) is 0 Å². The zero-order chi connectivity index (χ0) is 22.3. The summed E-state index contributed by atoms with van der Waals surface area (Å²) in [7, 11) is 0. The highest BCUT2D eigenvalue weighted by molar-refractivity contribution is 5.94. The fraction of sp³-hybridized carbons (Fsp3) is 0.240. The molecule has 1 saturated heterocycles. The third kappa shape index (κ3) is 5.06. The fourth-order valence-corrected chi connectivity index (χ4v) is 3.61. The van der Waals surface area contributed by atoms with E-state index in [-0.39, 0.29) is 11.5 Å². The van der Waals surface area contributed by atoms with Crippen LogP contribution in [0.25, 0.3) is 0 Å². The molecular weight excluding hydrogens is 406 g/mol. The third-order valence-corrected chi connectivity index (χ3v) is 5.31. The third-order valence-electron chi connectivity index (χ3n) is 5.31. The lowest BCUT2D eigenvalue weighted by Crippen LogP contribution is -2.51. The highest BCUT2D eigenvalue weighted by atomic mass is 16.5. The van der Waals surface area contributed by atoms with Crippen molar-refractivity contribution >= 4 is 17.6 Å². The summed E-state index contributed by atoms with van der Waals surface area (Å²) in [6, 6.07) is 20.4. The average Bonchev–Trinajstić information content (AvgIpc) is 2.85. The number of piperazine rings is 1. The minimum Gasteiger partial charge on any atom is -0.455 e. The van der Waals surface area contributed by atoms with Gasteiger partial charge >= 0.3 is 5.97 Å². The Labute approximate surface area is 187 Å². The topological polar surface area (TPSA) is 72.0 Å². The van der Waals surface area contributed by atoms with Crippen molar-refractivity contribution in [3.8, 4) is 11.5 Å². The average molecular weight is 431 g/mol. The van der Waals surface area contributed by atoms with Crippen LogP contribution in [0.1, 0.15) is 17.3 Å². The number of pyridine rings is 1. The van der Waals surface area contributed by atoms with Gasteiger partial charge in [-0.05, 0) is 43.3 Å². The van der Waals surface area contributed by atoms with Gasteiger partial charge in [-0.15, -0.1) is 0 Å². The Morgan fingerprint density at radius 1 is 0.906 bits per heavy atom. The number of carbonyl (C=O) groups is 2. The second kappa shape index (κ2) is 9.96. The van der Waals surface area contributed by atoms with Gasteiger partial charge in [-0.2, -0.15) is 0 Å². The minimum absolute atomic E-state index is 0.197. The molecule has 0 radical (unpaired) electrons. The Kier molecular flexibility index (Phi) is 6.65. The number of ether oxygens (including phenoxy) is 2. The molecule has 164 valence electrons. The van der Waals surface area contributed by atoms with E-state index < -0.39 is 12.1 Å². The van der Waals surface area contributed by atoms with Crippen LogP contribution in [0.4, 0.5) is 5.69 Å². The Balaban J connectivity index is 1.35. The molecule has 7 heteroatoms. The Hall–Kier alpha value is -3.87. The van der Waals surface area contributed by atoms with Gasteiger partial charge in [-0.25, -0.2) is 4.79 Å². The summed E-state index contributed by atoms with van der Waals surface area (Å²) in [5.74, 6) is 0.0553. The lowest BCUT2D eigenvalue weighted by Gasteiger charge is -2.37. The number of hydrogen-bond donors (Lipinski definition) is 0. The van der Waals surface area contributed by atoms with Crippen LogP contribution in [0, 0.1) is 0 Å². The van der Waals surface area contributed by atoms with Gasteiger partial charge in [-0.3, -0.25) is 9.78 Å². The van der Waals surface area contributed by atoms with E-state index in [1.807, 2.05) is 18.2 Å². The van der Waals surface area contributed by atoms with E-state index in [9.17, 15) is 9.59 Å². The summed E-state index contributed by atoms with van der Waals surface area (Å²) in [6.07, 6.45) is 2.31. The van der Waals surface area contributed by atoms with Gasteiger partial charge in [0.1, 0.15) is 17.1 Å². The van der Waals surface area contributed by atoms with E-state index >= 15 is 0 Å². The number of para-hydroxylation sites is 2. The molecule has 2 aromatic carbocycles. The van der Waals surface area contributed by atoms with Crippen molar-refractivity contribution in [3.63, 3.8) is 0 Å². The fourth-order valence-electron chi connectivity index (χ4n) is 3.61. The van der Waals surface area contributed by atoms with Gasteiger partial charge in [0.25, 0.3) is 5.91 Å². The first-order valence-electron chi connectivity index (χ1n) is 10.6. The minimum atomic E-state index is -0.891. The van der Waals surface area contributed by atoms with Gasteiger partial charge in [0, 0.05) is 38.1 Å². The van der Waals surface area contributed by atoms with Crippen LogP contribution in [-0.4, -0.2) is 54.0 Å². The first kappa shape index (κ1) is 21.4. The molecule has 7 nitrogen and oxygen atoms in total. The van der Waals surface area contributed by atoms with Crippen LogP contribution < -0.4 is 9.64 Å². The van der Waals surface area contributed by atoms with Crippen LogP contribution in [-0.2, 0) is 9.53 Å². The second-order valence-corrected chi connectivity index (χ2v) is 7.48. The molecule has 1 fully saturated rings. The lowest BCUT2D eigenvalue weighted by molar-refractivity contribution is -0.140. The largest absolute Gasteiger partial charge is 0.455 e. The molecule has 0 bridgehead atoms. The summed E-state index contributed by atoms with van der Waals surface area (Å²) >= 11 is 0. The molecule has 0 aliphatic carbocycles. The van der Waals surface area contributed by atoms with Crippen LogP contribution in [0.5, 0.6) is 11.5 Å². The SMILES string of the molecule is CC(OC(=O)c1ccccc1Oc1cccnc1)C(=O)N1CCN(c2ccccc2)CC1. The molecule has 32 heavy (non-hydrogen) atoms. The van der Waals surface area contributed by atoms with Gasteiger partial charge < -0.3 is 19.3 Å². The van der Waals surface area contributed by atoms with E-state index in [1.54, 1.807) is 60.6 Å². The van der Waals surface area contributed by atoms with Crippen molar-refractivity contribution in [2.75, 3.05) is 31.1 Å². The summed E-state index contributed by atoms with van der Waals surface area (Å²) in [4.78, 5) is 33.7. The number of aromatic nitrogens is 1. The van der Waals surface area contributed by atoms with Crippen molar-refractivity contribution in [2.45, 2.75) is 13.0 Å². The number of amides is 1. The van der Waals surface area contributed by atoms with Crippen LogP contribution in [0.2, 0.25) is 0 Å². The second-order valence-electron chi connectivity index (χ2n) is 7.48. The maximum Gasteiger partial charge on any atom is 0.342 e. The number of anilines is 1. The van der Waals surface area contributed by atoms with E-state index in [0.717, 1.165) is 18.8 Å². The molecule has 1 aliphatic heterocycles. The van der Waals surface area contributed by atoms with E-state index in [4.69, 9.17) is 9.47 Å². The van der Waals surface area contributed by atoms with Crippen molar-refractivity contribution in [3.05, 3.63) is 84.7 Å². The smallest absolute Gasteiger partial charge is 0.342 e. The van der Waals surface area contributed by atoms with E-state index in [1.165, 1.54) is 0 Å². The molecule has 1 unspecified atom stereocenters. The first-order chi connectivity index (χ1) is 15.6. The quantitative estimate of drug-likeness (QED) is 0.554. The molecule has 2 heterocycles. The normalized spacial score (nSPS) is 14.5. The Bertz CT molecular complexity index is 1050. The lowest BCUT2D eigenvalue weighted by atomic mass is 10.2. The molecule has 3 aromatic rings. The van der Waals surface area contributed by atoms with E-state index in [2.05, 4.69) is 22.0 Å². The summed E-state index contributed by atoms with van der Waals surface area (Å²) < 4.78 is 11.3. The predicted molar refractivity (Wildman–Crippen MR) is 121 cm³/mol. The molecule has 4 rings (SSSR count). The molecule has 1 aromatic heterocycles. The molecular formula is C25H25N3O4. The van der Waals surface area contributed by atoms with Crippen molar-refractivity contribution in [1.82, 2.24) is 9.88 Å². The van der Waals surface area contributed by atoms with Gasteiger partial charge in [0.05, 0.1) is 6.20 Å². The summed E-state index contributed by atoms with van der Waals surface area (Å²) in [5, 5.41) is 0. The highest BCUT2D eigenvalue weighted by Gasteiger charge is 2.28. The van der Waals surface area contributed by atoms with Crippen molar-refractivity contribution in [1.29, 1.82) is 0 Å². The van der Waals surface area contributed by atoms with Gasteiger partial charge in [-0.1, -0.05) is 30.3 Å². The van der Waals surface area contributed by atoms with Gasteiger partial charge in [0.15, 0.2) is 6.10 Å². The standard InChI is InChI=1S/C25H25N3O4/c1-19(24(29)28-16-14-27(15-17-28)20-8-3-2-4-9-20)31-25(30)22-11-5-6-12-23(22)32-21-10-7-13-26-18-21/h2-13,18-19H,14-17H2,1H3.